The summed E-state index contributed by atoms with van der Waals surface area (Å²) in [4.78, 5) is 40.1. The van der Waals surface area contributed by atoms with Crippen LogP contribution in [0.2, 0.25) is 10.0 Å². The predicted molar refractivity (Wildman–Crippen MR) is 166 cm³/mol. The molecule has 0 radical (unpaired) electrons. The van der Waals surface area contributed by atoms with Crippen LogP contribution in [0.1, 0.15) is 58.9 Å². The molecule has 3 aromatic carbocycles. The summed E-state index contributed by atoms with van der Waals surface area (Å²) in [6.45, 7) is 3.24. The maximum absolute atomic E-state index is 13.3. The lowest BCUT2D eigenvalue weighted by molar-refractivity contribution is -0.143. The summed E-state index contributed by atoms with van der Waals surface area (Å²) in [7, 11) is 0. The van der Waals surface area contributed by atoms with Gasteiger partial charge < -0.3 is 20.9 Å². The van der Waals surface area contributed by atoms with Crippen LogP contribution in [0.3, 0.4) is 0 Å². The number of carbonyl (C=O) groups is 3. The number of hydrogen-bond acceptors (Lipinski definition) is 4. The number of halogens is 8. The van der Waals surface area contributed by atoms with Crippen molar-refractivity contribution < 1.29 is 40.7 Å². The zero-order chi connectivity index (χ0) is 34.9. The Morgan fingerprint density at radius 3 is 1.98 bits per heavy atom. The minimum absolute atomic E-state index is 0.0863. The van der Waals surface area contributed by atoms with Gasteiger partial charge in [-0.25, -0.2) is 0 Å². The first-order valence-electron chi connectivity index (χ1n) is 14.3. The van der Waals surface area contributed by atoms with E-state index in [1.165, 1.54) is 30.0 Å². The fourth-order valence-electron chi connectivity index (χ4n) is 4.71. The average molecular weight is 706 g/mol. The van der Waals surface area contributed by atoms with Crippen LogP contribution >= 0.6 is 23.2 Å². The normalized spacial score (nSPS) is 13.1. The molecule has 0 aliphatic carbocycles. The highest BCUT2D eigenvalue weighted by Crippen LogP contribution is 2.36. The molecule has 7 nitrogen and oxygen atoms in total. The maximum Gasteiger partial charge on any atom is 0.416 e. The molecule has 3 N–H and O–H groups in total. The van der Waals surface area contributed by atoms with Gasteiger partial charge in [-0.2, -0.15) is 26.3 Å². The summed E-state index contributed by atoms with van der Waals surface area (Å²) < 4.78 is 80.0. The van der Waals surface area contributed by atoms with Crippen LogP contribution in [-0.2, 0) is 28.5 Å². The molecule has 3 aromatic rings. The Morgan fingerprint density at radius 2 is 1.45 bits per heavy atom. The summed E-state index contributed by atoms with van der Waals surface area (Å²) in [5.41, 5.74) is -2.84. The van der Waals surface area contributed by atoms with Crippen molar-refractivity contribution in [3.63, 3.8) is 0 Å². The number of rotatable bonds is 13. The van der Waals surface area contributed by atoms with Crippen LogP contribution in [-0.4, -0.2) is 48.3 Å². The number of hydrogen-bond donors (Lipinski definition) is 3. The van der Waals surface area contributed by atoms with Gasteiger partial charge >= 0.3 is 12.4 Å². The lowest BCUT2D eigenvalue weighted by atomic mass is 10.0. The fraction of sp³-hybridized carbons (Fsp3) is 0.344. The van der Waals surface area contributed by atoms with Gasteiger partial charge in [-0.3, -0.25) is 14.4 Å². The third-order valence-electron chi connectivity index (χ3n) is 7.18. The summed E-state index contributed by atoms with van der Waals surface area (Å²) in [6.07, 6.45) is -9.79. The number of benzene rings is 3. The Kier molecular flexibility index (Phi) is 13.1. The molecule has 0 saturated heterocycles. The molecule has 3 amide bonds. The molecule has 2 unspecified atom stereocenters. The largest absolute Gasteiger partial charge is 0.416 e. The Labute approximate surface area is 277 Å². The molecule has 3 rings (SSSR count). The monoisotopic (exact) mass is 704 g/mol. The van der Waals surface area contributed by atoms with Crippen molar-refractivity contribution >= 4 is 40.9 Å². The molecule has 0 saturated carbocycles. The second-order valence-corrected chi connectivity index (χ2v) is 11.4. The van der Waals surface area contributed by atoms with E-state index >= 15 is 0 Å². The molecule has 0 aliphatic rings. The number of amides is 3. The minimum Gasteiger partial charge on any atom is -0.350 e. The summed E-state index contributed by atoms with van der Waals surface area (Å²) in [6, 6.07) is 12.9. The van der Waals surface area contributed by atoms with Gasteiger partial charge in [0.1, 0.15) is 0 Å². The van der Waals surface area contributed by atoms with E-state index in [2.05, 4.69) is 16.0 Å². The van der Waals surface area contributed by atoms with Gasteiger partial charge in [-0.15, -0.1) is 0 Å². The number of nitrogens with zero attached hydrogens (tertiary/aromatic N) is 1. The SMILES string of the molecule is CCC(CNCc1ccccc1)N(CC(=O)NC(CNC(=O)c1cc(C(F)(F)F)cc(C(F)(F)F)c1)c1ccc(Cl)c(Cl)c1)C(C)=O. The van der Waals surface area contributed by atoms with E-state index in [4.69, 9.17) is 23.2 Å². The predicted octanol–water partition coefficient (Wildman–Crippen LogP) is 7.04. The maximum atomic E-state index is 13.3. The highest BCUT2D eigenvalue weighted by molar-refractivity contribution is 6.42. The standard InChI is InChI=1S/C32H32Cl2F6N4O3/c1-3-25(16-41-15-20-7-5-4-6-8-20)44(19(2)45)18-29(46)43-28(21-9-10-26(33)27(34)13-21)17-42-30(47)22-11-23(31(35,36)37)14-24(12-22)32(38,39)40/h4-14,25,28,41H,3,15-18H2,1-2H3,(H,42,47)(H,43,46). The van der Waals surface area contributed by atoms with E-state index < -0.39 is 53.4 Å². The molecule has 0 bridgehead atoms. The molecule has 0 fully saturated rings. The van der Waals surface area contributed by atoms with Crippen molar-refractivity contribution in [3.05, 3.63) is 105 Å². The van der Waals surface area contributed by atoms with Gasteiger partial charge in [0, 0.05) is 38.2 Å². The molecule has 0 spiro atoms. The number of nitrogens with one attached hydrogen (secondary N) is 3. The minimum atomic E-state index is -5.15. The van der Waals surface area contributed by atoms with Gasteiger partial charge in [0.25, 0.3) is 5.91 Å². The van der Waals surface area contributed by atoms with Gasteiger partial charge in [-0.1, -0.05) is 66.5 Å². The van der Waals surface area contributed by atoms with Crippen LogP contribution in [0.4, 0.5) is 26.3 Å². The average Bonchev–Trinajstić information content (AvgIpc) is 3.01. The van der Waals surface area contributed by atoms with E-state index in [0.717, 1.165) is 5.56 Å². The van der Waals surface area contributed by atoms with Crippen molar-refractivity contribution in [2.24, 2.45) is 0 Å². The van der Waals surface area contributed by atoms with Crippen molar-refractivity contribution in [1.29, 1.82) is 0 Å². The van der Waals surface area contributed by atoms with Crippen molar-refractivity contribution in [1.82, 2.24) is 20.9 Å². The second-order valence-electron chi connectivity index (χ2n) is 10.6. The molecule has 254 valence electrons. The fourth-order valence-corrected chi connectivity index (χ4v) is 5.02. The second kappa shape index (κ2) is 16.3. The molecular formula is C32H32Cl2F6N4O3. The van der Waals surface area contributed by atoms with Crippen molar-refractivity contribution in [3.8, 4) is 0 Å². The molecular weight excluding hydrogens is 673 g/mol. The topological polar surface area (TPSA) is 90.5 Å². The summed E-state index contributed by atoms with van der Waals surface area (Å²) in [5.74, 6) is -2.27. The Hall–Kier alpha value is -3.81. The summed E-state index contributed by atoms with van der Waals surface area (Å²) >= 11 is 12.2. The Balaban J connectivity index is 1.79. The molecule has 0 heterocycles. The lowest BCUT2D eigenvalue weighted by Crippen LogP contribution is -2.50. The third-order valence-corrected chi connectivity index (χ3v) is 7.92. The van der Waals surface area contributed by atoms with E-state index in [0.29, 0.717) is 37.2 Å². The van der Waals surface area contributed by atoms with Gasteiger partial charge in [0.15, 0.2) is 0 Å². The summed E-state index contributed by atoms with van der Waals surface area (Å²) in [5, 5.41) is 8.50. The Bertz CT molecular complexity index is 1520. The van der Waals surface area contributed by atoms with Gasteiger partial charge in [0.2, 0.25) is 11.8 Å². The van der Waals surface area contributed by atoms with Crippen LogP contribution in [0.15, 0.2) is 66.7 Å². The number of carbonyl (C=O) groups excluding carboxylic acids is 3. The highest BCUT2D eigenvalue weighted by Gasteiger charge is 2.37. The van der Waals surface area contributed by atoms with E-state index in [9.17, 15) is 40.7 Å². The van der Waals surface area contributed by atoms with Crippen LogP contribution < -0.4 is 16.0 Å². The van der Waals surface area contributed by atoms with Crippen LogP contribution in [0.5, 0.6) is 0 Å². The Morgan fingerprint density at radius 1 is 0.830 bits per heavy atom. The van der Waals surface area contributed by atoms with Gasteiger partial charge in [-0.05, 0) is 47.9 Å². The first-order chi connectivity index (χ1) is 22.0. The lowest BCUT2D eigenvalue weighted by Gasteiger charge is -2.31. The molecule has 15 heteroatoms. The van der Waals surface area contributed by atoms with Crippen molar-refractivity contribution in [2.45, 2.75) is 51.2 Å². The van der Waals surface area contributed by atoms with Gasteiger partial charge in [0.05, 0.1) is 33.8 Å². The quantitative estimate of drug-likeness (QED) is 0.167. The van der Waals surface area contributed by atoms with E-state index in [-0.39, 0.29) is 34.6 Å². The van der Waals surface area contributed by atoms with E-state index in [1.54, 1.807) is 0 Å². The molecule has 47 heavy (non-hydrogen) atoms. The first kappa shape index (κ1) is 37.6. The molecule has 0 aromatic heterocycles. The first-order valence-corrected chi connectivity index (χ1v) is 15.1. The molecule has 0 aliphatic heterocycles. The molecule has 2 atom stereocenters. The highest BCUT2D eigenvalue weighted by atomic mass is 35.5. The zero-order valence-electron chi connectivity index (χ0n) is 25.2. The van der Waals surface area contributed by atoms with Crippen LogP contribution in [0, 0.1) is 0 Å². The number of alkyl halides is 6. The third kappa shape index (κ3) is 11.1. The smallest absolute Gasteiger partial charge is 0.350 e. The van der Waals surface area contributed by atoms with E-state index in [1.807, 2.05) is 37.3 Å². The zero-order valence-corrected chi connectivity index (χ0v) is 26.7. The van der Waals surface area contributed by atoms with Crippen LogP contribution in [0.25, 0.3) is 0 Å². The van der Waals surface area contributed by atoms with Crippen molar-refractivity contribution in [2.75, 3.05) is 19.6 Å².